The average molecular weight is 258 g/mol. The maximum absolute atomic E-state index is 5.65. The summed E-state index contributed by atoms with van der Waals surface area (Å²) in [5.74, 6) is 1.47. The van der Waals surface area contributed by atoms with Gasteiger partial charge in [-0.15, -0.1) is 0 Å². The standard InChI is InChI=1S/C15H18N2O2/c1-18-14-8-3-11(9-15(14)19-2)10-17-13-6-4-12(16)5-7-13/h3-9,17H,10,16H2,1-2H3. The number of benzene rings is 2. The van der Waals surface area contributed by atoms with E-state index in [1.54, 1.807) is 14.2 Å². The molecule has 0 saturated carbocycles. The van der Waals surface area contributed by atoms with E-state index in [0.717, 1.165) is 28.4 Å². The van der Waals surface area contributed by atoms with Crippen molar-refractivity contribution in [3.05, 3.63) is 48.0 Å². The summed E-state index contributed by atoms with van der Waals surface area (Å²) in [4.78, 5) is 0. The molecule has 0 aromatic heterocycles. The lowest BCUT2D eigenvalue weighted by molar-refractivity contribution is 0.354. The lowest BCUT2D eigenvalue weighted by Crippen LogP contribution is -2.00. The monoisotopic (exact) mass is 258 g/mol. The van der Waals surface area contributed by atoms with E-state index in [1.807, 2.05) is 42.5 Å². The van der Waals surface area contributed by atoms with Crippen molar-refractivity contribution in [3.63, 3.8) is 0 Å². The van der Waals surface area contributed by atoms with Crippen LogP contribution in [0.2, 0.25) is 0 Å². The van der Waals surface area contributed by atoms with Gasteiger partial charge in [-0.25, -0.2) is 0 Å². The van der Waals surface area contributed by atoms with E-state index >= 15 is 0 Å². The van der Waals surface area contributed by atoms with Gasteiger partial charge in [0.1, 0.15) is 0 Å². The van der Waals surface area contributed by atoms with Gasteiger partial charge < -0.3 is 20.5 Å². The molecule has 0 bridgehead atoms. The molecule has 0 aliphatic carbocycles. The number of anilines is 2. The zero-order valence-corrected chi connectivity index (χ0v) is 11.1. The van der Waals surface area contributed by atoms with Crippen molar-refractivity contribution in [1.82, 2.24) is 0 Å². The Morgan fingerprint density at radius 2 is 1.63 bits per heavy atom. The SMILES string of the molecule is COc1ccc(CNc2ccc(N)cc2)cc1OC. The summed E-state index contributed by atoms with van der Waals surface area (Å²) in [6.45, 7) is 0.713. The van der Waals surface area contributed by atoms with Crippen LogP contribution in [-0.2, 0) is 6.54 Å². The number of hydrogen-bond donors (Lipinski definition) is 2. The first kappa shape index (κ1) is 13.1. The summed E-state index contributed by atoms with van der Waals surface area (Å²) in [6, 6.07) is 13.5. The minimum absolute atomic E-state index is 0.713. The fourth-order valence-corrected chi connectivity index (χ4v) is 1.80. The molecule has 0 aliphatic rings. The van der Waals surface area contributed by atoms with E-state index in [-0.39, 0.29) is 0 Å². The molecule has 19 heavy (non-hydrogen) atoms. The first-order valence-corrected chi connectivity index (χ1v) is 6.03. The normalized spacial score (nSPS) is 10.0. The minimum Gasteiger partial charge on any atom is -0.493 e. The smallest absolute Gasteiger partial charge is 0.161 e. The third-order valence-electron chi connectivity index (χ3n) is 2.86. The second-order valence-electron chi connectivity index (χ2n) is 4.16. The van der Waals surface area contributed by atoms with E-state index < -0.39 is 0 Å². The Hall–Kier alpha value is -2.36. The lowest BCUT2D eigenvalue weighted by atomic mass is 10.2. The average Bonchev–Trinajstić information content (AvgIpc) is 2.46. The molecule has 0 atom stereocenters. The van der Waals surface area contributed by atoms with E-state index in [0.29, 0.717) is 6.54 Å². The van der Waals surface area contributed by atoms with Gasteiger partial charge in [-0.05, 0) is 42.0 Å². The third-order valence-corrected chi connectivity index (χ3v) is 2.86. The van der Waals surface area contributed by atoms with Crippen molar-refractivity contribution in [2.75, 3.05) is 25.3 Å². The molecular formula is C15H18N2O2. The van der Waals surface area contributed by atoms with Crippen LogP contribution in [0.4, 0.5) is 11.4 Å². The number of hydrogen-bond acceptors (Lipinski definition) is 4. The molecule has 3 N–H and O–H groups in total. The largest absolute Gasteiger partial charge is 0.493 e. The van der Waals surface area contributed by atoms with Crippen molar-refractivity contribution in [2.45, 2.75) is 6.54 Å². The van der Waals surface area contributed by atoms with Crippen molar-refractivity contribution in [3.8, 4) is 11.5 Å². The van der Waals surface area contributed by atoms with Crippen molar-refractivity contribution in [1.29, 1.82) is 0 Å². The predicted molar refractivity (Wildman–Crippen MR) is 77.7 cm³/mol. The molecule has 0 aliphatic heterocycles. The Bertz CT molecular complexity index is 538. The quantitative estimate of drug-likeness (QED) is 0.810. The van der Waals surface area contributed by atoms with E-state index in [2.05, 4.69) is 5.32 Å². The van der Waals surface area contributed by atoms with Gasteiger partial charge in [0.2, 0.25) is 0 Å². The van der Waals surface area contributed by atoms with E-state index in [9.17, 15) is 0 Å². The molecule has 100 valence electrons. The van der Waals surface area contributed by atoms with Crippen LogP contribution < -0.4 is 20.5 Å². The van der Waals surface area contributed by atoms with Crippen LogP contribution in [0.3, 0.4) is 0 Å². The van der Waals surface area contributed by atoms with Gasteiger partial charge in [0.05, 0.1) is 14.2 Å². The minimum atomic E-state index is 0.713. The molecule has 0 unspecified atom stereocenters. The Labute approximate surface area is 113 Å². The Morgan fingerprint density at radius 1 is 0.947 bits per heavy atom. The summed E-state index contributed by atoms with van der Waals surface area (Å²) in [5, 5.41) is 3.33. The van der Waals surface area contributed by atoms with Gasteiger partial charge in [-0.1, -0.05) is 6.07 Å². The van der Waals surface area contributed by atoms with Crippen LogP contribution in [0, 0.1) is 0 Å². The zero-order valence-electron chi connectivity index (χ0n) is 11.1. The van der Waals surface area contributed by atoms with Gasteiger partial charge in [0, 0.05) is 17.9 Å². The lowest BCUT2D eigenvalue weighted by Gasteiger charge is -2.11. The van der Waals surface area contributed by atoms with Crippen LogP contribution in [0.5, 0.6) is 11.5 Å². The highest BCUT2D eigenvalue weighted by molar-refractivity contribution is 5.52. The number of nitrogens with one attached hydrogen (secondary N) is 1. The molecule has 2 rings (SSSR count). The number of nitrogen functional groups attached to an aromatic ring is 1. The highest BCUT2D eigenvalue weighted by atomic mass is 16.5. The maximum Gasteiger partial charge on any atom is 0.161 e. The number of ether oxygens (including phenoxy) is 2. The zero-order chi connectivity index (χ0) is 13.7. The summed E-state index contributed by atoms with van der Waals surface area (Å²) in [7, 11) is 3.26. The van der Waals surface area contributed by atoms with Gasteiger partial charge >= 0.3 is 0 Å². The Balaban J connectivity index is 2.05. The molecule has 0 spiro atoms. The second-order valence-corrected chi connectivity index (χ2v) is 4.16. The number of methoxy groups -OCH3 is 2. The summed E-state index contributed by atoms with van der Waals surface area (Å²) in [6.07, 6.45) is 0. The molecule has 4 nitrogen and oxygen atoms in total. The summed E-state index contributed by atoms with van der Waals surface area (Å²) in [5.41, 5.74) is 8.56. The topological polar surface area (TPSA) is 56.5 Å². The molecule has 2 aromatic carbocycles. The third kappa shape index (κ3) is 3.31. The second kappa shape index (κ2) is 6.00. The highest BCUT2D eigenvalue weighted by Gasteiger charge is 2.04. The maximum atomic E-state index is 5.65. The highest BCUT2D eigenvalue weighted by Crippen LogP contribution is 2.27. The molecule has 0 amide bonds. The molecule has 0 radical (unpaired) electrons. The first-order chi connectivity index (χ1) is 9.22. The van der Waals surface area contributed by atoms with Gasteiger partial charge in [-0.3, -0.25) is 0 Å². The Kier molecular flexibility index (Phi) is 4.13. The first-order valence-electron chi connectivity index (χ1n) is 6.03. The van der Waals surface area contributed by atoms with Crippen molar-refractivity contribution >= 4 is 11.4 Å². The number of nitrogens with two attached hydrogens (primary N) is 1. The van der Waals surface area contributed by atoms with Crippen LogP contribution >= 0.6 is 0 Å². The van der Waals surface area contributed by atoms with Crippen molar-refractivity contribution < 1.29 is 9.47 Å². The van der Waals surface area contributed by atoms with E-state index in [4.69, 9.17) is 15.2 Å². The fourth-order valence-electron chi connectivity index (χ4n) is 1.80. The van der Waals surface area contributed by atoms with Crippen LogP contribution in [0.15, 0.2) is 42.5 Å². The van der Waals surface area contributed by atoms with Crippen molar-refractivity contribution in [2.24, 2.45) is 0 Å². The Morgan fingerprint density at radius 3 is 2.26 bits per heavy atom. The summed E-state index contributed by atoms with van der Waals surface area (Å²) >= 11 is 0. The van der Waals surface area contributed by atoms with E-state index in [1.165, 1.54) is 0 Å². The molecule has 4 heteroatoms. The molecule has 0 saturated heterocycles. The molecular weight excluding hydrogens is 240 g/mol. The van der Waals surface area contributed by atoms with Crippen LogP contribution in [0.25, 0.3) is 0 Å². The van der Waals surface area contributed by atoms with Gasteiger partial charge in [-0.2, -0.15) is 0 Å². The van der Waals surface area contributed by atoms with Crippen LogP contribution in [0.1, 0.15) is 5.56 Å². The summed E-state index contributed by atoms with van der Waals surface area (Å²) < 4.78 is 10.5. The number of rotatable bonds is 5. The fraction of sp³-hybridized carbons (Fsp3) is 0.200. The van der Waals surface area contributed by atoms with Gasteiger partial charge in [0.25, 0.3) is 0 Å². The molecule has 2 aromatic rings. The molecule has 0 fully saturated rings. The molecule has 0 heterocycles. The van der Waals surface area contributed by atoms with Crippen LogP contribution in [-0.4, -0.2) is 14.2 Å². The predicted octanol–water partition coefficient (Wildman–Crippen LogP) is 2.90. The van der Waals surface area contributed by atoms with Gasteiger partial charge in [0.15, 0.2) is 11.5 Å².